The number of benzene rings is 1. The molecule has 1 rings (SSSR count). The van der Waals surface area contributed by atoms with Gasteiger partial charge in [-0.15, -0.1) is 0 Å². The molecule has 1 amide bonds. The number of anilines is 1. The van der Waals surface area contributed by atoms with Crippen molar-refractivity contribution in [2.45, 2.75) is 0 Å². The lowest BCUT2D eigenvalue weighted by atomic mass is 10.3. The van der Waals surface area contributed by atoms with Crippen LogP contribution in [0.3, 0.4) is 0 Å². The van der Waals surface area contributed by atoms with Crippen molar-refractivity contribution in [2.24, 2.45) is 0 Å². The largest absolute Gasteiger partial charge is 0.495 e. The molecular formula is C12H16N2O4. The Morgan fingerprint density at radius 3 is 2.56 bits per heavy atom. The quantitative estimate of drug-likeness (QED) is 0.716. The highest BCUT2D eigenvalue weighted by Gasteiger charge is 2.07. The normalized spacial score (nSPS) is 9.67. The number of ether oxygens (including phenoxy) is 2. The van der Waals surface area contributed by atoms with Crippen LogP contribution in [0.15, 0.2) is 24.3 Å². The number of para-hydroxylation sites is 2. The highest BCUT2D eigenvalue weighted by molar-refractivity contribution is 5.93. The van der Waals surface area contributed by atoms with Gasteiger partial charge < -0.3 is 14.8 Å². The number of carbonyl (C=O) groups is 2. The molecule has 1 aromatic carbocycles. The maximum atomic E-state index is 11.6. The van der Waals surface area contributed by atoms with Crippen molar-refractivity contribution < 1.29 is 19.1 Å². The van der Waals surface area contributed by atoms with Gasteiger partial charge in [0.1, 0.15) is 5.75 Å². The molecule has 1 aromatic rings. The van der Waals surface area contributed by atoms with Gasteiger partial charge in [0.05, 0.1) is 33.0 Å². The van der Waals surface area contributed by atoms with Crippen molar-refractivity contribution in [1.82, 2.24) is 5.32 Å². The molecule has 0 aliphatic heterocycles. The first-order valence-electron chi connectivity index (χ1n) is 5.37. The van der Waals surface area contributed by atoms with Crippen LogP contribution in [-0.2, 0) is 14.3 Å². The van der Waals surface area contributed by atoms with Gasteiger partial charge in [0.15, 0.2) is 0 Å². The Hall–Kier alpha value is -2.08. The molecular weight excluding hydrogens is 236 g/mol. The monoisotopic (exact) mass is 252 g/mol. The highest BCUT2D eigenvalue weighted by Crippen LogP contribution is 2.22. The molecule has 6 heteroatoms. The van der Waals surface area contributed by atoms with Gasteiger partial charge in [-0.25, -0.2) is 0 Å². The van der Waals surface area contributed by atoms with Gasteiger partial charge in [0.25, 0.3) is 0 Å². The van der Waals surface area contributed by atoms with E-state index >= 15 is 0 Å². The van der Waals surface area contributed by atoms with Crippen LogP contribution in [0.2, 0.25) is 0 Å². The third kappa shape index (κ3) is 4.42. The Kier molecular flexibility index (Phi) is 5.66. The van der Waals surface area contributed by atoms with Crippen molar-refractivity contribution >= 4 is 17.6 Å². The molecule has 0 bridgehead atoms. The van der Waals surface area contributed by atoms with Crippen LogP contribution in [0.5, 0.6) is 5.75 Å². The Balaban J connectivity index is 2.42. The van der Waals surface area contributed by atoms with E-state index in [4.69, 9.17) is 4.74 Å². The zero-order chi connectivity index (χ0) is 13.4. The van der Waals surface area contributed by atoms with Crippen molar-refractivity contribution in [2.75, 3.05) is 32.6 Å². The Morgan fingerprint density at radius 2 is 1.89 bits per heavy atom. The van der Waals surface area contributed by atoms with Gasteiger partial charge in [0.2, 0.25) is 5.91 Å². The van der Waals surface area contributed by atoms with Crippen LogP contribution in [0.25, 0.3) is 0 Å². The predicted molar refractivity (Wildman–Crippen MR) is 66.5 cm³/mol. The summed E-state index contributed by atoms with van der Waals surface area (Å²) in [5.74, 6) is -0.0951. The minimum atomic E-state index is -0.417. The zero-order valence-electron chi connectivity index (χ0n) is 10.4. The van der Waals surface area contributed by atoms with Crippen LogP contribution in [0.4, 0.5) is 5.69 Å². The fourth-order valence-electron chi connectivity index (χ4n) is 1.29. The average molecular weight is 252 g/mol. The number of hydrogen-bond donors (Lipinski definition) is 2. The molecule has 98 valence electrons. The summed E-state index contributed by atoms with van der Waals surface area (Å²) in [5.41, 5.74) is 0.588. The molecule has 0 atom stereocenters. The van der Waals surface area contributed by atoms with Gasteiger partial charge in [-0.1, -0.05) is 12.1 Å². The number of nitrogens with one attached hydrogen (secondary N) is 2. The topological polar surface area (TPSA) is 76.7 Å². The van der Waals surface area contributed by atoms with Crippen LogP contribution < -0.4 is 15.4 Å². The lowest BCUT2D eigenvalue weighted by Crippen LogP contribution is -2.32. The summed E-state index contributed by atoms with van der Waals surface area (Å²) >= 11 is 0. The second kappa shape index (κ2) is 7.29. The predicted octanol–water partition coefficient (Wildman–Crippen LogP) is 0.396. The molecule has 0 radical (unpaired) electrons. The summed E-state index contributed by atoms with van der Waals surface area (Å²) in [6.07, 6.45) is 0. The summed E-state index contributed by atoms with van der Waals surface area (Å²) in [6.45, 7) is 0.0169. The molecule has 0 fully saturated rings. The van der Waals surface area contributed by atoms with E-state index in [0.717, 1.165) is 0 Å². The lowest BCUT2D eigenvalue weighted by Gasteiger charge is -2.09. The number of amides is 1. The van der Waals surface area contributed by atoms with E-state index < -0.39 is 5.97 Å². The smallest absolute Gasteiger partial charge is 0.319 e. The average Bonchev–Trinajstić information content (AvgIpc) is 2.39. The molecule has 0 saturated carbocycles. The maximum absolute atomic E-state index is 11.6. The number of carbonyl (C=O) groups excluding carboxylic acids is 2. The number of methoxy groups -OCH3 is 2. The van der Waals surface area contributed by atoms with E-state index in [-0.39, 0.29) is 19.0 Å². The second-order valence-corrected chi connectivity index (χ2v) is 3.43. The standard InChI is InChI=1S/C12H16N2O4/c1-17-10-6-4-3-5-9(10)14-11(15)7-13-8-12(16)18-2/h3-6,13H,7-8H2,1-2H3,(H,14,15). The van der Waals surface area contributed by atoms with E-state index in [1.54, 1.807) is 18.2 Å². The molecule has 18 heavy (non-hydrogen) atoms. The fourth-order valence-corrected chi connectivity index (χ4v) is 1.29. The summed E-state index contributed by atoms with van der Waals surface area (Å²) < 4.78 is 9.53. The van der Waals surface area contributed by atoms with Crippen molar-refractivity contribution in [3.05, 3.63) is 24.3 Å². The molecule has 0 aliphatic carbocycles. The Bertz CT molecular complexity index is 420. The van der Waals surface area contributed by atoms with E-state index in [9.17, 15) is 9.59 Å². The summed E-state index contributed by atoms with van der Waals surface area (Å²) in [4.78, 5) is 22.4. The highest BCUT2D eigenvalue weighted by atomic mass is 16.5. The van der Waals surface area contributed by atoms with Crippen LogP contribution in [0.1, 0.15) is 0 Å². The van der Waals surface area contributed by atoms with E-state index in [1.165, 1.54) is 14.2 Å². The SMILES string of the molecule is COC(=O)CNCC(=O)Nc1ccccc1OC. The molecule has 0 saturated heterocycles. The third-order valence-corrected chi connectivity index (χ3v) is 2.16. The van der Waals surface area contributed by atoms with E-state index in [2.05, 4.69) is 15.4 Å². The molecule has 0 aliphatic rings. The van der Waals surface area contributed by atoms with Crippen LogP contribution in [0, 0.1) is 0 Å². The minimum Gasteiger partial charge on any atom is -0.495 e. The van der Waals surface area contributed by atoms with Crippen LogP contribution in [-0.4, -0.2) is 39.2 Å². The molecule has 0 aromatic heterocycles. The zero-order valence-corrected chi connectivity index (χ0v) is 10.4. The first-order valence-corrected chi connectivity index (χ1v) is 5.37. The minimum absolute atomic E-state index is 0.00412. The summed E-state index contributed by atoms with van der Waals surface area (Å²) in [5, 5.41) is 5.34. The van der Waals surface area contributed by atoms with E-state index in [0.29, 0.717) is 11.4 Å². The lowest BCUT2D eigenvalue weighted by molar-refractivity contribution is -0.139. The van der Waals surface area contributed by atoms with Gasteiger partial charge >= 0.3 is 5.97 Å². The first kappa shape index (κ1) is 14.0. The van der Waals surface area contributed by atoms with Gasteiger partial charge in [-0.2, -0.15) is 0 Å². The first-order chi connectivity index (χ1) is 8.67. The summed E-state index contributed by atoms with van der Waals surface area (Å²) in [6, 6.07) is 7.08. The van der Waals surface area contributed by atoms with Gasteiger partial charge in [-0.3, -0.25) is 14.9 Å². The van der Waals surface area contributed by atoms with Gasteiger partial charge in [-0.05, 0) is 12.1 Å². The molecule has 0 heterocycles. The Morgan fingerprint density at radius 1 is 1.17 bits per heavy atom. The fraction of sp³-hybridized carbons (Fsp3) is 0.333. The molecule has 6 nitrogen and oxygen atoms in total. The van der Waals surface area contributed by atoms with Crippen molar-refractivity contribution in [3.8, 4) is 5.75 Å². The molecule has 2 N–H and O–H groups in total. The summed E-state index contributed by atoms with van der Waals surface area (Å²) in [7, 11) is 2.82. The number of rotatable bonds is 6. The Labute approximate surface area is 105 Å². The van der Waals surface area contributed by atoms with Crippen molar-refractivity contribution in [3.63, 3.8) is 0 Å². The molecule has 0 unspecified atom stereocenters. The van der Waals surface area contributed by atoms with Crippen LogP contribution >= 0.6 is 0 Å². The second-order valence-electron chi connectivity index (χ2n) is 3.43. The van der Waals surface area contributed by atoms with E-state index in [1.807, 2.05) is 6.07 Å². The number of esters is 1. The maximum Gasteiger partial charge on any atom is 0.319 e. The van der Waals surface area contributed by atoms with Gasteiger partial charge in [0, 0.05) is 0 Å². The van der Waals surface area contributed by atoms with Crippen molar-refractivity contribution in [1.29, 1.82) is 0 Å². The number of hydrogen-bond acceptors (Lipinski definition) is 5. The molecule has 0 spiro atoms. The third-order valence-electron chi connectivity index (χ3n) is 2.16.